The van der Waals surface area contributed by atoms with Gasteiger partial charge in [0.2, 0.25) is 0 Å². The number of piperazine rings is 1. The minimum absolute atomic E-state index is 0.110. The highest BCUT2D eigenvalue weighted by Crippen LogP contribution is 2.13. The summed E-state index contributed by atoms with van der Waals surface area (Å²) in [5, 5.41) is 3.29. The number of ether oxygens (including phenoxy) is 1. The first-order chi connectivity index (χ1) is 7.94. The van der Waals surface area contributed by atoms with Gasteiger partial charge in [-0.05, 0) is 27.2 Å². The molecule has 1 atom stereocenters. The lowest BCUT2D eigenvalue weighted by atomic mass is 10.1. The maximum atomic E-state index is 12.0. The second-order valence-electron chi connectivity index (χ2n) is 5.28. The summed E-state index contributed by atoms with van der Waals surface area (Å²) in [5.41, 5.74) is -0.430. The van der Waals surface area contributed by atoms with Crippen molar-refractivity contribution in [2.24, 2.45) is 0 Å². The lowest BCUT2D eigenvalue weighted by Crippen LogP contribution is -2.53. The quantitative estimate of drug-likeness (QED) is 0.752. The molecule has 0 aromatic heterocycles. The van der Waals surface area contributed by atoms with Crippen molar-refractivity contribution in [2.45, 2.75) is 45.8 Å². The van der Waals surface area contributed by atoms with E-state index in [1.165, 1.54) is 0 Å². The Kier molecular flexibility index (Phi) is 5.00. The van der Waals surface area contributed by atoms with Crippen molar-refractivity contribution in [1.29, 1.82) is 0 Å². The van der Waals surface area contributed by atoms with E-state index in [0.29, 0.717) is 6.54 Å². The molecule has 17 heavy (non-hydrogen) atoms. The molecular weight excluding hydrogens is 216 g/mol. The molecule has 1 amide bonds. The number of carbonyl (C=O) groups is 1. The molecule has 1 aliphatic heterocycles. The summed E-state index contributed by atoms with van der Waals surface area (Å²) in [6.07, 6.45) is 4.94. The average molecular weight is 240 g/mol. The van der Waals surface area contributed by atoms with Crippen LogP contribution in [0.25, 0.3) is 0 Å². The van der Waals surface area contributed by atoms with Gasteiger partial charge in [-0.25, -0.2) is 4.79 Å². The second-order valence-corrected chi connectivity index (χ2v) is 5.28. The highest BCUT2D eigenvalue weighted by molar-refractivity contribution is 5.69. The number of hydrogen-bond donors (Lipinski definition) is 1. The number of nitrogens with one attached hydrogen (secondary N) is 1. The predicted molar refractivity (Wildman–Crippen MR) is 69.0 cm³/mol. The van der Waals surface area contributed by atoms with E-state index < -0.39 is 5.60 Å². The van der Waals surface area contributed by atoms with Gasteiger partial charge in [0.15, 0.2) is 0 Å². The summed E-state index contributed by atoms with van der Waals surface area (Å²) in [5.74, 6) is 0. The molecule has 1 N–H and O–H groups in total. The van der Waals surface area contributed by atoms with Crippen LogP contribution in [0.1, 0.15) is 34.1 Å². The number of nitrogens with zero attached hydrogens (tertiary/aromatic N) is 1. The van der Waals surface area contributed by atoms with Gasteiger partial charge in [-0.3, -0.25) is 4.90 Å². The van der Waals surface area contributed by atoms with Crippen molar-refractivity contribution in [3.8, 4) is 0 Å². The van der Waals surface area contributed by atoms with E-state index in [9.17, 15) is 4.79 Å². The molecule has 0 aromatic rings. The van der Waals surface area contributed by atoms with Crippen molar-refractivity contribution < 1.29 is 9.53 Å². The zero-order chi connectivity index (χ0) is 12.9. The van der Waals surface area contributed by atoms with Crippen LogP contribution in [0.3, 0.4) is 0 Å². The maximum Gasteiger partial charge on any atom is 0.410 e. The Morgan fingerprint density at radius 1 is 1.53 bits per heavy atom. The van der Waals surface area contributed by atoms with Gasteiger partial charge in [0.05, 0.1) is 6.04 Å². The van der Waals surface area contributed by atoms with Crippen molar-refractivity contribution in [2.75, 3.05) is 19.6 Å². The first-order valence-corrected chi connectivity index (χ1v) is 6.31. The first-order valence-electron chi connectivity index (χ1n) is 6.31. The molecule has 1 unspecified atom stereocenters. The monoisotopic (exact) mass is 240 g/mol. The molecule has 1 saturated heterocycles. The molecule has 0 bridgehead atoms. The molecule has 4 nitrogen and oxygen atoms in total. The van der Waals surface area contributed by atoms with E-state index in [0.717, 1.165) is 19.5 Å². The predicted octanol–water partition coefficient (Wildman–Crippen LogP) is 2.16. The molecular formula is C13H24N2O2. The van der Waals surface area contributed by atoms with E-state index in [1.807, 2.05) is 20.8 Å². The van der Waals surface area contributed by atoms with Gasteiger partial charge >= 0.3 is 6.09 Å². The van der Waals surface area contributed by atoms with E-state index in [-0.39, 0.29) is 12.1 Å². The fraction of sp³-hybridized carbons (Fsp3) is 0.769. The van der Waals surface area contributed by atoms with Crippen LogP contribution >= 0.6 is 0 Å². The van der Waals surface area contributed by atoms with Gasteiger partial charge in [-0.1, -0.05) is 19.1 Å². The minimum atomic E-state index is -0.430. The topological polar surface area (TPSA) is 41.6 Å². The smallest absolute Gasteiger partial charge is 0.410 e. The highest BCUT2D eigenvalue weighted by Gasteiger charge is 2.28. The summed E-state index contributed by atoms with van der Waals surface area (Å²) < 4.78 is 5.41. The second kappa shape index (κ2) is 6.05. The van der Waals surface area contributed by atoms with E-state index in [4.69, 9.17) is 4.74 Å². The van der Waals surface area contributed by atoms with Crippen LogP contribution in [-0.2, 0) is 4.74 Å². The van der Waals surface area contributed by atoms with Crippen molar-refractivity contribution >= 4 is 6.09 Å². The van der Waals surface area contributed by atoms with Gasteiger partial charge in [-0.2, -0.15) is 0 Å². The van der Waals surface area contributed by atoms with Crippen molar-refractivity contribution in [3.05, 3.63) is 12.2 Å². The highest BCUT2D eigenvalue weighted by atomic mass is 16.6. The van der Waals surface area contributed by atoms with Gasteiger partial charge in [-0.15, -0.1) is 0 Å². The molecule has 98 valence electrons. The van der Waals surface area contributed by atoms with Crippen LogP contribution in [0.15, 0.2) is 12.2 Å². The Labute approximate surface area is 104 Å². The molecule has 4 heteroatoms. The van der Waals surface area contributed by atoms with E-state index >= 15 is 0 Å². The normalized spacial score (nSPS) is 21.9. The number of allylic oxidation sites excluding steroid dienone is 1. The Morgan fingerprint density at radius 2 is 2.24 bits per heavy atom. The van der Waals surface area contributed by atoms with Crippen LogP contribution in [0.5, 0.6) is 0 Å². The Balaban J connectivity index is 2.64. The summed E-state index contributed by atoms with van der Waals surface area (Å²) in [6.45, 7) is 10.1. The van der Waals surface area contributed by atoms with E-state index in [2.05, 4.69) is 24.4 Å². The third-order valence-electron chi connectivity index (χ3n) is 2.51. The Bertz CT molecular complexity index is 282. The van der Waals surface area contributed by atoms with Crippen LogP contribution in [-0.4, -0.2) is 42.3 Å². The number of hydrogen-bond acceptors (Lipinski definition) is 3. The molecule has 0 aromatic carbocycles. The fourth-order valence-electron chi connectivity index (χ4n) is 1.74. The minimum Gasteiger partial charge on any atom is -0.444 e. The summed E-state index contributed by atoms with van der Waals surface area (Å²) in [6, 6.07) is 0.110. The summed E-state index contributed by atoms with van der Waals surface area (Å²) in [7, 11) is 0. The third kappa shape index (κ3) is 4.77. The molecule has 0 aliphatic carbocycles. The van der Waals surface area contributed by atoms with Crippen LogP contribution in [0, 0.1) is 0 Å². The van der Waals surface area contributed by atoms with Crippen LogP contribution in [0.4, 0.5) is 4.79 Å². The molecule has 1 fully saturated rings. The molecule has 0 radical (unpaired) electrons. The van der Waals surface area contributed by atoms with Crippen LogP contribution in [0.2, 0.25) is 0 Å². The fourth-order valence-corrected chi connectivity index (χ4v) is 1.74. The SMILES string of the molecule is CC/C=C/C1CNCCN1C(=O)OC(C)(C)C. The van der Waals surface area contributed by atoms with Gasteiger partial charge < -0.3 is 10.1 Å². The average Bonchev–Trinajstić information content (AvgIpc) is 2.24. The van der Waals surface area contributed by atoms with Crippen molar-refractivity contribution in [1.82, 2.24) is 10.2 Å². The third-order valence-corrected chi connectivity index (χ3v) is 2.51. The molecule has 0 spiro atoms. The zero-order valence-corrected chi connectivity index (χ0v) is 11.3. The molecule has 0 saturated carbocycles. The Morgan fingerprint density at radius 3 is 2.82 bits per heavy atom. The largest absolute Gasteiger partial charge is 0.444 e. The number of amides is 1. The maximum absolute atomic E-state index is 12.0. The summed E-state index contributed by atoms with van der Waals surface area (Å²) in [4.78, 5) is 13.8. The van der Waals surface area contributed by atoms with Gasteiger partial charge in [0, 0.05) is 19.6 Å². The molecule has 1 heterocycles. The van der Waals surface area contributed by atoms with Gasteiger partial charge in [0.1, 0.15) is 5.60 Å². The molecule has 1 aliphatic rings. The van der Waals surface area contributed by atoms with Gasteiger partial charge in [0.25, 0.3) is 0 Å². The summed E-state index contributed by atoms with van der Waals surface area (Å²) >= 11 is 0. The molecule has 1 rings (SSSR count). The number of rotatable bonds is 2. The first kappa shape index (κ1) is 14.0. The standard InChI is InChI=1S/C13H24N2O2/c1-5-6-7-11-10-14-8-9-15(11)12(16)17-13(2,3)4/h6-7,11,14H,5,8-10H2,1-4H3/b7-6+. The van der Waals surface area contributed by atoms with E-state index in [1.54, 1.807) is 4.90 Å². The van der Waals surface area contributed by atoms with Crippen LogP contribution < -0.4 is 5.32 Å². The Hall–Kier alpha value is -1.03. The zero-order valence-electron chi connectivity index (χ0n) is 11.3. The lowest BCUT2D eigenvalue weighted by Gasteiger charge is -2.35. The lowest BCUT2D eigenvalue weighted by molar-refractivity contribution is 0.0167. The number of carbonyl (C=O) groups excluding carboxylic acids is 1. The van der Waals surface area contributed by atoms with Crippen molar-refractivity contribution in [3.63, 3.8) is 0 Å².